The summed E-state index contributed by atoms with van der Waals surface area (Å²) in [4.78, 5) is 1.84. The van der Waals surface area contributed by atoms with Crippen LogP contribution < -0.4 is 10.6 Å². The van der Waals surface area contributed by atoms with Crippen LogP contribution in [-0.4, -0.2) is 12.6 Å². The highest BCUT2D eigenvalue weighted by atomic mass is 19.4. The summed E-state index contributed by atoms with van der Waals surface area (Å²) in [6.45, 7) is 2.60. The van der Waals surface area contributed by atoms with E-state index in [0.717, 1.165) is 12.8 Å². The van der Waals surface area contributed by atoms with Crippen LogP contribution in [-0.2, 0) is 12.7 Å². The molecular weight excluding hydrogens is 241 g/mol. The van der Waals surface area contributed by atoms with Crippen molar-refractivity contribution in [1.82, 2.24) is 0 Å². The number of rotatable bonds is 4. The predicted octanol–water partition coefficient (Wildman–Crippen LogP) is 3.15. The number of hydrogen-bond donors (Lipinski definition) is 1. The van der Waals surface area contributed by atoms with Crippen LogP contribution in [0.15, 0.2) is 18.2 Å². The van der Waals surface area contributed by atoms with Crippen molar-refractivity contribution in [1.29, 1.82) is 0 Å². The first kappa shape index (κ1) is 13.2. The van der Waals surface area contributed by atoms with Gasteiger partial charge in [0.1, 0.15) is 0 Å². The number of hydrogen-bond acceptors (Lipinski definition) is 2. The highest BCUT2D eigenvalue weighted by Gasteiger charge is 2.38. The molecule has 0 unspecified atom stereocenters. The Morgan fingerprint density at radius 3 is 2.44 bits per heavy atom. The second-order valence-electron chi connectivity index (χ2n) is 4.57. The third-order valence-corrected chi connectivity index (χ3v) is 3.24. The van der Waals surface area contributed by atoms with Crippen LogP contribution in [0.5, 0.6) is 0 Å². The number of nitrogens with zero attached hydrogens (tertiary/aromatic N) is 1. The third-order valence-electron chi connectivity index (χ3n) is 3.24. The molecule has 0 radical (unpaired) electrons. The zero-order valence-electron chi connectivity index (χ0n) is 10.3. The van der Waals surface area contributed by atoms with Gasteiger partial charge in [0.25, 0.3) is 0 Å². The van der Waals surface area contributed by atoms with Crippen molar-refractivity contribution in [2.45, 2.75) is 38.5 Å². The monoisotopic (exact) mass is 258 g/mol. The first-order chi connectivity index (χ1) is 8.47. The molecule has 0 aromatic heterocycles. The maximum atomic E-state index is 13.1. The topological polar surface area (TPSA) is 29.3 Å². The van der Waals surface area contributed by atoms with Crippen molar-refractivity contribution in [2.75, 3.05) is 11.4 Å². The van der Waals surface area contributed by atoms with Crippen LogP contribution in [0.3, 0.4) is 0 Å². The van der Waals surface area contributed by atoms with Crippen molar-refractivity contribution in [3.8, 4) is 0 Å². The second kappa shape index (κ2) is 4.80. The van der Waals surface area contributed by atoms with E-state index >= 15 is 0 Å². The second-order valence-corrected chi connectivity index (χ2v) is 4.57. The first-order valence-corrected chi connectivity index (χ1v) is 6.14. The molecule has 0 spiro atoms. The molecule has 1 aromatic rings. The number of halogens is 3. The SMILES string of the molecule is CCN(c1ccc(CN)cc1C(F)(F)F)C1CC1. The Kier molecular flexibility index (Phi) is 3.52. The van der Waals surface area contributed by atoms with Crippen LogP contribution in [0.1, 0.15) is 30.9 Å². The van der Waals surface area contributed by atoms with Gasteiger partial charge in [-0.3, -0.25) is 0 Å². The largest absolute Gasteiger partial charge is 0.418 e. The zero-order chi connectivity index (χ0) is 13.3. The molecule has 0 aliphatic heterocycles. The summed E-state index contributed by atoms with van der Waals surface area (Å²) in [6.07, 6.45) is -2.38. The summed E-state index contributed by atoms with van der Waals surface area (Å²) >= 11 is 0. The highest BCUT2D eigenvalue weighted by Crippen LogP contribution is 2.40. The van der Waals surface area contributed by atoms with Gasteiger partial charge in [-0.25, -0.2) is 0 Å². The summed E-state index contributed by atoms with van der Waals surface area (Å²) in [7, 11) is 0. The van der Waals surface area contributed by atoms with E-state index < -0.39 is 11.7 Å². The van der Waals surface area contributed by atoms with Gasteiger partial charge in [-0.2, -0.15) is 13.2 Å². The molecule has 0 saturated heterocycles. The molecule has 100 valence electrons. The third kappa shape index (κ3) is 2.61. The van der Waals surface area contributed by atoms with Crippen molar-refractivity contribution in [3.63, 3.8) is 0 Å². The molecule has 0 bridgehead atoms. The maximum Gasteiger partial charge on any atom is 0.418 e. The average Bonchev–Trinajstić information content (AvgIpc) is 3.13. The van der Waals surface area contributed by atoms with E-state index in [4.69, 9.17) is 5.73 Å². The minimum absolute atomic E-state index is 0.124. The molecule has 0 heterocycles. The van der Waals surface area contributed by atoms with Crippen LogP contribution in [0.25, 0.3) is 0 Å². The van der Waals surface area contributed by atoms with Gasteiger partial charge in [0.15, 0.2) is 0 Å². The summed E-state index contributed by atoms with van der Waals surface area (Å²) < 4.78 is 39.2. The van der Waals surface area contributed by atoms with E-state index in [1.165, 1.54) is 6.07 Å². The lowest BCUT2D eigenvalue weighted by molar-refractivity contribution is -0.137. The van der Waals surface area contributed by atoms with Crippen LogP contribution in [0, 0.1) is 0 Å². The van der Waals surface area contributed by atoms with Gasteiger partial charge in [-0.15, -0.1) is 0 Å². The van der Waals surface area contributed by atoms with Gasteiger partial charge in [0, 0.05) is 24.8 Å². The lowest BCUT2D eigenvalue weighted by Gasteiger charge is -2.26. The lowest BCUT2D eigenvalue weighted by atomic mass is 10.1. The Labute approximate surface area is 105 Å². The number of anilines is 1. The van der Waals surface area contributed by atoms with Crippen molar-refractivity contribution >= 4 is 5.69 Å². The van der Waals surface area contributed by atoms with E-state index in [1.54, 1.807) is 12.1 Å². The molecule has 1 saturated carbocycles. The van der Waals surface area contributed by atoms with Gasteiger partial charge in [0.2, 0.25) is 0 Å². The van der Waals surface area contributed by atoms with Gasteiger partial charge in [-0.05, 0) is 37.5 Å². The zero-order valence-corrected chi connectivity index (χ0v) is 10.3. The molecule has 1 aliphatic rings. The van der Waals surface area contributed by atoms with Crippen LogP contribution >= 0.6 is 0 Å². The fourth-order valence-electron chi connectivity index (χ4n) is 2.20. The fourth-order valence-corrected chi connectivity index (χ4v) is 2.20. The molecule has 1 fully saturated rings. The molecule has 2 N–H and O–H groups in total. The van der Waals surface area contributed by atoms with Crippen molar-refractivity contribution < 1.29 is 13.2 Å². The minimum atomic E-state index is -4.33. The highest BCUT2D eigenvalue weighted by molar-refractivity contribution is 5.58. The van der Waals surface area contributed by atoms with Gasteiger partial charge in [0.05, 0.1) is 5.56 Å². The van der Waals surface area contributed by atoms with E-state index in [1.807, 2.05) is 11.8 Å². The molecule has 18 heavy (non-hydrogen) atoms. The average molecular weight is 258 g/mol. The summed E-state index contributed by atoms with van der Waals surface area (Å²) in [6, 6.07) is 4.66. The first-order valence-electron chi connectivity index (χ1n) is 6.14. The summed E-state index contributed by atoms with van der Waals surface area (Å²) in [5, 5.41) is 0. The Morgan fingerprint density at radius 2 is 2.00 bits per heavy atom. The standard InChI is InChI=1S/C13H17F3N2/c1-2-18(10-4-5-10)12-6-3-9(8-17)7-11(12)13(14,15)16/h3,6-7,10H,2,4-5,8,17H2,1H3. The maximum absolute atomic E-state index is 13.1. The molecule has 5 heteroatoms. The Hall–Kier alpha value is -1.23. The lowest BCUT2D eigenvalue weighted by Crippen LogP contribution is -2.28. The van der Waals surface area contributed by atoms with E-state index in [0.29, 0.717) is 12.1 Å². The molecule has 0 amide bonds. The normalized spacial score (nSPS) is 15.8. The summed E-state index contributed by atoms with van der Waals surface area (Å²) in [5.74, 6) is 0. The molecule has 1 aliphatic carbocycles. The van der Waals surface area contributed by atoms with E-state index in [2.05, 4.69) is 0 Å². The van der Waals surface area contributed by atoms with Gasteiger partial charge < -0.3 is 10.6 Å². The van der Waals surface area contributed by atoms with Crippen LogP contribution in [0.4, 0.5) is 18.9 Å². The Balaban J connectivity index is 2.44. The van der Waals surface area contributed by atoms with E-state index in [9.17, 15) is 13.2 Å². The number of benzene rings is 1. The number of alkyl halides is 3. The fraction of sp³-hybridized carbons (Fsp3) is 0.538. The predicted molar refractivity (Wildman–Crippen MR) is 65.4 cm³/mol. The smallest absolute Gasteiger partial charge is 0.368 e. The van der Waals surface area contributed by atoms with Crippen molar-refractivity contribution in [2.24, 2.45) is 5.73 Å². The molecule has 0 atom stereocenters. The van der Waals surface area contributed by atoms with Crippen molar-refractivity contribution in [3.05, 3.63) is 29.3 Å². The molecule has 2 nitrogen and oxygen atoms in total. The molecule has 1 aromatic carbocycles. The van der Waals surface area contributed by atoms with Gasteiger partial charge >= 0.3 is 6.18 Å². The minimum Gasteiger partial charge on any atom is -0.368 e. The van der Waals surface area contributed by atoms with E-state index in [-0.39, 0.29) is 18.3 Å². The Bertz CT molecular complexity index is 425. The quantitative estimate of drug-likeness (QED) is 0.899. The molecule has 2 rings (SSSR count). The van der Waals surface area contributed by atoms with Gasteiger partial charge in [-0.1, -0.05) is 6.07 Å². The number of nitrogens with two attached hydrogens (primary N) is 1. The van der Waals surface area contributed by atoms with Crippen LogP contribution in [0.2, 0.25) is 0 Å². The summed E-state index contributed by atoms with van der Waals surface area (Å²) in [5.41, 5.74) is 5.64. The Morgan fingerprint density at radius 1 is 1.33 bits per heavy atom. The molecular formula is C13H17F3N2.